The van der Waals surface area contributed by atoms with Gasteiger partial charge >= 0.3 is 0 Å². The lowest BCUT2D eigenvalue weighted by atomic mass is 10.2. The third-order valence-corrected chi connectivity index (χ3v) is 2.04. The van der Waals surface area contributed by atoms with E-state index in [9.17, 15) is 0 Å². The molecule has 2 N–H and O–H groups in total. The first-order chi connectivity index (χ1) is 7.29. The van der Waals surface area contributed by atoms with Gasteiger partial charge in [0, 0.05) is 18.6 Å². The van der Waals surface area contributed by atoms with Gasteiger partial charge in [-0.1, -0.05) is 0 Å². The molecule has 0 saturated heterocycles. The number of nitriles is 1. The van der Waals surface area contributed by atoms with Crippen LogP contribution in [0.2, 0.25) is 0 Å². The van der Waals surface area contributed by atoms with Gasteiger partial charge in [-0.05, 0) is 17.7 Å². The molecule has 0 unspecified atom stereocenters. The van der Waals surface area contributed by atoms with Gasteiger partial charge in [0.1, 0.15) is 11.8 Å². The van der Waals surface area contributed by atoms with Crippen molar-refractivity contribution in [2.45, 2.75) is 6.54 Å². The number of nitrogens with two attached hydrogens (primary N) is 1. The van der Waals surface area contributed by atoms with Crippen LogP contribution in [0, 0.1) is 11.3 Å². The average Bonchev–Trinajstić information content (AvgIpc) is 2.65. The van der Waals surface area contributed by atoms with Crippen LogP contribution in [0.3, 0.4) is 0 Å². The number of rotatable bonds is 2. The van der Waals surface area contributed by atoms with Crippen molar-refractivity contribution in [2.75, 3.05) is 5.73 Å². The molecule has 0 radical (unpaired) electrons. The number of hydrogen-bond acceptors (Lipinski definition) is 4. The summed E-state index contributed by atoms with van der Waals surface area (Å²) >= 11 is 0. The van der Waals surface area contributed by atoms with E-state index in [1.54, 1.807) is 29.2 Å². The molecule has 0 aliphatic rings. The van der Waals surface area contributed by atoms with Gasteiger partial charge in [-0.15, -0.1) is 0 Å². The number of hydrogen-bond donors (Lipinski definition) is 1. The van der Waals surface area contributed by atoms with Gasteiger partial charge in [-0.25, -0.2) is 9.97 Å². The fourth-order valence-electron chi connectivity index (χ4n) is 1.30. The molecule has 0 atom stereocenters. The normalized spacial score (nSPS) is 9.80. The SMILES string of the molecule is N#Cc1cc(Cn2ccnc2N)ccn1. The summed E-state index contributed by atoms with van der Waals surface area (Å²) in [4.78, 5) is 7.81. The van der Waals surface area contributed by atoms with Crippen LogP contribution in [-0.2, 0) is 6.54 Å². The summed E-state index contributed by atoms with van der Waals surface area (Å²) in [5, 5.41) is 8.69. The minimum Gasteiger partial charge on any atom is -0.369 e. The molecule has 74 valence electrons. The van der Waals surface area contributed by atoms with Crippen LogP contribution in [-0.4, -0.2) is 14.5 Å². The molecule has 2 aromatic heterocycles. The standard InChI is InChI=1S/C10H9N5/c11-6-9-5-8(1-2-13-9)7-15-4-3-14-10(15)12/h1-5H,7H2,(H2,12,14). The van der Waals surface area contributed by atoms with E-state index in [0.717, 1.165) is 5.56 Å². The molecule has 2 aromatic rings. The molecule has 2 rings (SSSR count). The van der Waals surface area contributed by atoms with E-state index in [-0.39, 0.29) is 0 Å². The monoisotopic (exact) mass is 199 g/mol. The van der Waals surface area contributed by atoms with Crippen molar-refractivity contribution in [2.24, 2.45) is 0 Å². The Morgan fingerprint density at radius 1 is 1.40 bits per heavy atom. The second-order valence-electron chi connectivity index (χ2n) is 3.07. The Morgan fingerprint density at radius 3 is 2.93 bits per heavy atom. The summed E-state index contributed by atoms with van der Waals surface area (Å²) in [7, 11) is 0. The van der Waals surface area contributed by atoms with Crippen molar-refractivity contribution in [1.82, 2.24) is 14.5 Å². The fraction of sp³-hybridized carbons (Fsp3) is 0.100. The molecular weight excluding hydrogens is 190 g/mol. The van der Waals surface area contributed by atoms with Gasteiger partial charge in [0.05, 0.1) is 6.54 Å². The number of nitrogens with zero attached hydrogens (tertiary/aromatic N) is 4. The van der Waals surface area contributed by atoms with Gasteiger partial charge in [-0.3, -0.25) is 0 Å². The minimum absolute atomic E-state index is 0.409. The van der Waals surface area contributed by atoms with E-state index in [0.29, 0.717) is 18.2 Å². The first kappa shape index (κ1) is 9.21. The molecule has 0 aromatic carbocycles. The molecule has 0 amide bonds. The smallest absolute Gasteiger partial charge is 0.200 e. The first-order valence-corrected chi connectivity index (χ1v) is 4.41. The summed E-state index contributed by atoms with van der Waals surface area (Å²) in [5.41, 5.74) is 7.02. The minimum atomic E-state index is 0.409. The third-order valence-electron chi connectivity index (χ3n) is 2.04. The van der Waals surface area contributed by atoms with Crippen molar-refractivity contribution in [3.63, 3.8) is 0 Å². The molecule has 5 nitrogen and oxygen atoms in total. The molecule has 0 bridgehead atoms. The molecule has 0 aliphatic heterocycles. The Morgan fingerprint density at radius 2 is 2.27 bits per heavy atom. The predicted octanol–water partition coefficient (Wildman–Crippen LogP) is 0.780. The lowest BCUT2D eigenvalue weighted by molar-refractivity contribution is 0.808. The van der Waals surface area contributed by atoms with Gasteiger partial charge in [-0.2, -0.15) is 5.26 Å². The van der Waals surface area contributed by atoms with Crippen molar-refractivity contribution < 1.29 is 0 Å². The van der Waals surface area contributed by atoms with Gasteiger partial charge in [0.15, 0.2) is 5.95 Å². The second-order valence-corrected chi connectivity index (χ2v) is 3.07. The van der Waals surface area contributed by atoms with E-state index in [1.165, 1.54) is 0 Å². The molecule has 0 aliphatic carbocycles. The maximum atomic E-state index is 8.69. The number of imidazole rings is 1. The predicted molar refractivity (Wildman–Crippen MR) is 54.7 cm³/mol. The van der Waals surface area contributed by atoms with Gasteiger partial charge in [0.2, 0.25) is 0 Å². The Labute approximate surface area is 86.8 Å². The summed E-state index contributed by atoms with van der Waals surface area (Å²) in [5.74, 6) is 0.463. The summed E-state index contributed by atoms with van der Waals surface area (Å²) in [6.45, 7) is 0.600. The molecule has 5 heteroatoms. The lowest BCUT2D eigenvalue weighted by Gasteiger charge is -2.04. The van der Waals surface area contributed by atoms with Gasteiger partial charge in [0.25, 0.3) is 0 Å². The highest BCUT2D eigenvalue weighted by molar-refractivity contribution is 5.27. The molecular formula is C10H9N5. The lowest BCUT2D eigenvalue weighted by Crippen LogP contribution is -2.03. The van der Waals surface area contributed by atoms with E-state index in [2.05, 4.69) is 9.97 Å². The molecule has 0 spiro atoms. The third kappa shape index (κ3) is 1.94. The van der Waals surface area contributed by atoms with Crippen LogP contribution in [0.5, 0.6) is 0 Å². The van der Waals surface area contributed by atoms with Crippen molar-refractivity contribution >= 4 is 5.95 Å². The molecule has 15 heavy (non-hydrogen) atoms. The van der Waals surface area contributed by atoms with Crippen LogP contribution in [0.15, 0.2) is 30.7 Å². The van der Waals surface area contributed by atoms with Crippen LogP contribution >= 0.6 is 0 Å². The molecule has 2 heterocycles. The maximum Gasteiger partial charge on any atom is 0.200 e. The van der Waals surface area contributed by atoms with Gasteiger partial charge < -0.3 is 10.3 Å². The average molecular weight is 199 g/mol. The van der Waals surface area contributed by atoms with E-state index in [1.807, 2.05) is 12.1 Å². The quantitative estimate of drug-likeness (QED) is 0.775. The maximum absolute atomic E-state index is 8.69. The molecule has 0 saturated carbocycles. The Kier molecular flexibility index (Phi) is 2.33. The first-order valence-electron chi connectivity index (χ1n) is 4.41. The summed E-state index contributed by atoms with van der Waals surface area (Å²) in [6, 6.07) is 5.58. The topological polar surface area (TPSA) is 80.5 Å². The van der Waals surface area contributed by atoms with E-state index < -0.39 is 0 Å². The van der Waals surface area contributed by atoms with Crippen LogP contribution in [0.25, 0.3) is 0 Å². The van der Waals surface area contributed by atoms with Crippen LogP contribution < -0.4 is 5.73 Å². The highest BCUT2D eigenvalue weighted by atomic mass is 15.1. The zero-order valence-electron chi connectivity index (χ0n) is 7.96. The fourth-order valence-corrected chi connectivity index (χ4v) is 1.30. The molecule has 0 fully saturated rings. The Balaban J connectivity index is 2.25. The van der Waals surface area contributed by atoms with Crippen molar-refractivity contribution in [3.8, 4) is 6.07 Å². The van der Waals surface area contributed by atoms with E-state index >= 15 is 0 Å². The van der Waals surface area contributed by atoms with Crippen LogP contribution in [0.4, 0.5) is 5.95 Å². The highest BCUT2D eigenvalue weighted by Gasteiger charge is 2.00. The summed E-state index contributed by atoms with van der Waals surface area (Å²) in [6.07, 6.45) is 5.05. The van der Waals surface area contributed by atoms with Crippen LogP contribution in [0.1, 0.15) is 11.3 Å². The number of anilines is 1. The van der Waals surface area contributed by atoms with E-state index in [4.69, 9.17) is 11.0 Å². The second kappa shape index (κ2) is 3.80. The number of nitrogen functional groups attached to an aromatic ring is 1. The Hall–Kier alpha value is -2.35. The highest BCUT2D eigenvalue weighted by Crippen LogP contribution is 2.06. The number of pyridine rings is 1. The van der Waals surface area contributed by atoms with Crippen molar-refractivity contribution in [3.05, 3.63) is 42.0 Å². The number of aromatic nitrogens is 3. The zero-order chi connectivity index (χ0) is 10.7. The van der Waals surface area contributed by atoms with Crippen molar-refractivity contribution in [1.29, 1.82) is 5.26 Å². The zero-order valence-corrected chi connectivity index (χ0v) is 7.96. The Bertz CT molecular complexity index is 509. The summed E-state index contributed by atoms with van der Waals surface area (Å²) < 4.78 is 1.80. The largest absolute Gasteiger partial charge is 0.369 e.